The van der Waals surface area contributed by atoms with Crippen molar-refractivity contribution >= 4 is 0 Å². The molecule has 1 aliphatic heterocycles. The molecule has 0 N–H and O–H groups in total. The van der Waals surface area contributed by atoms with Gasteiger partial charge in [-0.2, -0.15) is 0 Å². The van der Waals surface area contributed by atoms with Crippen LogP contribution in [0.4, 0.5) is 0 Å². The molecule has 1 heterocycles. The van der Waals surface area contributed by atoms with Gasteiger partial charge in [0, 0.05) is 18.9 Å². The Bertz CT molecular complexity index is 93.4. The SMILES string of the molecule is COC1[C@H](C)COC[C@@H]1C. The number of hydrogen-bond donors (Lipinski definition) is 0. The second-order valence-electron chi connectivity index (χ2n) is 3.19. The topological polar surface area (TPSA) is 18.5 Å². The molecule has 0 saturated carbocycles. The van der Waals surface area contributed by atoms with Crippen LogP contribution in [0.2, 0.25) is 0 Å². The third-order valence-corrected chi connectivity index (χ3v) is 2.16. The highest BCUT2D eigenvalue weighted by molar-refractivity contribution is 4.75. The predicted octanol–water partition coefficient (Wildman–Crippen LogP) is 1.30. The van der Waals surface area contributed by atoms with Crippen molar-refractivity contribution in [3.05, 3.63) is 0 Å². The van der Waals surface area contributed by atoms with Crippen LogP contribution in [0.5, 0.6) is 0 Å². The summed E-state index contributed by atoms with van der Waals surface area (Å²) in [5, 5.41) is 0. The lowest BCUT2D eigenvalue weighted by molar-refractivity contribution is -0.0859. The highest BCUT2D eigenvalue weighted by Gasteiger charge is 2.27. The van der Waals surface area contributed by atoms with Crippen LogP contribution in [-0.4, -0.2) is 26.4 Å². The van der Waals surface area contributed by atoms with Crippen molar-refractivity contribution in [1.82, 2.24) is 0 Å². The van der Waals surface area contributed by atoms with E-state index < -0.39 is 0 Å². The number of rotatable bonds is 1. The van der Waals surface area contributed by atoms with Crippen LogP contribution in [0.1, 0.15) is 13.8 Å². The van der Waals surface area contributed by atoms with Gasteiger partial charge in [0.1, 0.15) is 0 Å². The third-order valence-electron chi connectivity index (χ3n) is 2.16. The molecule has 0 spiro atoms. The molecule has 0 bridgehead atoms. The highest BCUT2D eigenvalue weighted by atomic mass is 16.5. The van der Waals surface area contributed by atoms with Gasteiger partial charge >= 0.3 is 0 Å². The monoisotopic (exact) mass is 144 g/mol. The molecular formula is C8H16O2. The Morgan fingerprint density at radius 2 is 1.70 bits per heavy atom. The molecule has 2 nitrogen and oxygen atoms in total. The zero-order chi connectivity index (χ0) is 7.56. The van der Waals surface area contributed by atoms with E-state index in [-0.39, 0.29) is 0 Å². The summed E-state index contributed by atoms with van der Waals surface area (Å²) in [6, 6.07) is 0. The summed E-state index contributed by atoms with van der Waals surface area (Å²) >= 11 is 0. The lowest BCUT2D eigenvalue weighted by Crippen LogP contribution is -2.38. The molecule has 0 amide bonds. The van der Waals surface area contributed by atoms with Crippen molar-refractivity contribution in [2.45, 2.75) is 20.0 Å². The summed E-state index contributed by atoms with van der Waals surface area (Å²) in [7, 11) is 1.78. The number of ether oxygens (including phenoxy) is 2. The second-order valence-corrected chi connectivity index (χ2v) is 3.19. The van der Waals surface area contributed by atoms with Crippen LogP contribution in [0.3, 0.4) is 0 Å². The molecule has 1 fully saturated rings. The van der Waals surface area contributed by atoms with E-state index in [1.165, 1.54) is 0 Å². The smallest absolute Gasteiger partial charge is 0.0666 e. The first-order valence-corrected chi connectivity index (χ1v) is 3.86. The van der Waals surface area contributed by atoms with E-state index in [0.717, 1.165) is 13.2 Å². The van der Waals surface area contributed by atoms with Crippen LogP contribution in [0.15, 0.2) is 0 Å². The van der Waals surface area contributed by atoms with E-state index >= 15 is 0 Å². The summed E-state index contributed by atoms with van der Waals surface area (Å²) in [5.41, 5.74) is 0. The minimum Gasteiger partial charge on any atom is -0.381 e. The van der Waals surface area contributed by atoms with Gasteiger partial charge in [-0.1, -0.05) is 13.8 Å². The molecule has 0 radical (unpaired) electrons. The normalized spacial score (nSPS) is 41.7. The quantitative estimate of drug-likeness (QED) is 0.552. The maximum absolute atomic E-state index is 5.35. The Morgan fingerprint density at radius 3 is 2.00 bits per heavy atom. The van der Waals surface area contributed by atoms with Crippen molar-refractivity contribution < 1.29 is 9.47 Å². The van der Waals surface area contributed by atoms with Gasteiger partial charge in [-0.25, -0.2) is 0 Å². The first-order chi connectivity index (χ1) is 4.75. The summed E-state index contributed by atoms with van der Waals surface area (Å²) in [5.74, 6) is 1.10. The zero-order valence-electron chi connectivity index (χ0n) is 6.96. The lowest BCUT2D eigenvalue weighted by Gasteiger charge is -2.33. The fourth-order valence-electron chi connectivity index (χ4n) is 1.65. The highest BCUT2D eigenvalue weighted by Crippen LogP contribution is 2.21. The number of hydrogen-bond acceptors (Lipinski definition) is 2. The summed E-state index contributed by atoms with van der Waals surface area (Å²) in [4.78, 5) is 0. The van der Waals surface area contributed by atoms with Gasteiger partial charge < -0.3 is 9.47 Å². The third kappa shape index (κ3) is 1.50. The van der Waals surface area contributed by atoms with E-state index in [4.69, 9.17) is 9.47 Å². The maximum Gasteiger partial charge on any atom is 0.0666 e. The lowest BCUT2D eigenvalue weighted by atomic mass is 9.92. The molecular weight excluding hydrogens is 128 g/mol. The molecule has 2 heteroatoms. The van der Waals surface area contributed by atoms with E-state index in [0.29, 0.717) is 17.9 Å². The molecule has 0 aliphatic carbocycles. The van der Waals surface area contributed by atoms with Gasteiger partial charge in [0.2, 0.25) is 0 Å². The van der Waals surface area contributed by atoms with Crippen molar-refractivity contribution in [3.63, 3.8) is 0 Å². The fraction of sp³-hybridized carbons (Fsp3) is 1.00. The largest absolute Gasteiger partial charge is 0.381 e. The van der Waals surface area contributed by atoms with E-state index in [1.54, 1.807) is 7.11 Å². The van der Waals surface area contributed by atoms with Crippen LogP contribution in [-0.2, 0) is 9.47 Å². The van der Waals surface area contributed by atoms with Crippen molar-refractivity contribution in [3.8, 4) is 0 Å². The average Bonchev–Trinajstić information content (AvgIpc) is 1.88. The van der Waals surface area contributed by atoms with Crippen LogP contribution in [0, 0.1) is 11.8 Å². The fourth-order valence-corrected chi connectivity index (χ4v) is 1.65. The Kier molecular flexibility index (Phi) is 2.69. The van der Waals surface area contributed by atoms with Crippen LogP contribution >= 0.6 is 0 Å². The molecule has 0 aromatic heterocycles. The molecule has 0 aromatic rings. The minimum atomic E-state index is 0.397. The summed E-state index contributed by atoms with van der Waals surface area (Å²) < 4.78 is 10.7. The predicted molar refractivity (Wildman–Crippen MR) is 39.9 cm³/mol. The first-order valence-electron chi connectivity index (χ1n) is 3.86. The molecule has 1 saturated heterocycles. The van der Waals surface area contributed by atoms with E-state index in [1.807, 2.05) is 0 Å². The van der Waals surface area contributed by atoms with Gasteiger partial charge in [-0.3, -0.25) is 0 Å². The second kappa shape index (κ2) is 3.35. The Hall–Kier alpha value is -0.0800. The van der Waals surface area contributed by atoms with Gasteiger partial charge in [-0.15, -0.1) is 0 Å². The molecule has 1 aliphatic rings. The molecule has 1 rings (SSSR count). The zero-order valence-corrected chi connectivity index (χ0v) is 6.96. The van der Waals surface area contributed by atoms with Gasteiger partial charge in [0.05, 0.1) is 19.3 Å². The Morgan fingerprint density at radius 1 is 1.20 bits per heavy atom. The Labute approximate surface area is 62.5 Å². The molecule has 0 aromatic carbocycles. The van der Waals surface area contributed by atoms with Crippen molar-refractivity contribution in [2.75, 3.05) is 20.3 Å². The molecule has 1 unspecified atom stereocenters. The van der Waals surface area contributed by atoms with Crippen LogP contribution < -0.4 is 0 Å². The maximum atomic E-state index is 5.35. The van der Waals surface area contributed by atoms with Crippen molar-refractivity contribution in [1.29, 1.82) is 0 Å². The summed E-state index contributed by atoms with van der Waals surface area (Å²) in [6.07, 6.45) is 0.397. The van der Waals surface area contributed by atoms with Gasteiger partial charge in [0.25, 0.3) is 0 Å². The van der Waals surface area contributed by atoms with E-state index in [9.17, 15) is 0 Å². The van der Waals surface area contributed by atoms with Crippen LogP contribution in [0.25, 0.3) is 0 Å². The molecule has 10 heavy (non-hydrogen) atoms. The standard InChI is InChI=1S/C8H16O2/c1-6-4-10-5-7(2)8(6)9-3/h6-8H,4-5H2,1-3H3/t6-,7+,8?. The van der Waals surface area contributed by atoms with E-state index in [2.05, 4.69) is 13.8 Å². The van der Waals surface area contributed by atoms with Crippen molar-refractivity contribution in [2.24, 2.45) is 11.8 Å². The van der Waals surface area contributed by atoms with Gasteiger partial charge in [0.15, 0.2) is 0 Å². The first kappa shape index (κ1) is 8.02. The molecule has 60 valence electrons. The average molecular weight is 144 g/mol. The Balaban J connectivity index is 2.45. The van der Waals surface area contributed by atoms with Gasteiger partial charge in [-0.05, 0) is 0 Å². The molecule has 3 atom stereocenters. The summed E-state index contributed by atoms with van der Waals surface area (Å²) in [6.45, 7) is 6.04. The number of methoxy groups -OCH3 is 1. The minimum absolute atomic E-state index is 0.397.